The third kappa shape index (κ3) is 5.19. The van der Waals surface area contributed by atoms with Crippen LogP contribution in [0.25, 0.3) is 0 Å². The minimum atomic E-state index is -4.78. The number of carbonyl (C=O) groups is 1. The molecular weight excluding hydrogens is 442 g/mol. The number of nitrogens with zero attached hydrogens (tertiary/aromatic N) is 1. The molecule has 6 nitrogen and oxygen atoms in total. The summed E-state index contributed by atoms with van der Waals surface area (Å²) in [4.78, 5) is 28.4. The van der Waals surface area contributed by atoms with Crippen molar-refractivity contribution in [3.05, 3.63) is 62.3 Å². The number of hydrogen-bond acceptors (Lipinski definition) is 3. The molecule has 0 unspecified atom stereocenters. The van der Waals surface area contributed by atoms with Crippen LogP contribution in [0.1, 0.15) is 42.1 Å². The van der Waals surface area contributed by atoms with Gasteiger partial charge >= 0.3 is 12.2 Å². The Morgan fingerprint density at radius 1 is 1.32 bits per heavy atom. The molecule has 31 heavy (non-hydrogen) atoms. The van der Waals surface area contributed by atoms with Gasteiger partial charge in [-0.1, -0.05) is 11.6 Å². The Bertz CT molecular complexity index is 1030. The van der Waals surface area contributed by atoms with Crippen molar-refractivity contribution >= 4 is 23.3 Å². The molecule has 11 heteroatoms. The molecule has 0 saturated carbocycles. The van der Waals surface area contributed by atoms with Gasteiger partial charge in [-0.05, 0) is 43.9 Å². The van der Waals surface area contributed by atoms with Crippen molar-refractivity contribution in [1.82, 2.24) is 9.88 Å². The van der Waals surface area contributed by atoms with E-state index in [0.717, 1.165) is 6.07 Å². The molecule has 3 rings (SSSR count). The zero-order valence-corrected chi connectivity index (χ0v) is 17.0. The highest BCUT2D eigenvalue weighted by molar-refractivity contribution is 6.31. The molecule has 1 atom stereocenters. The highest BCUT2D eigenvalue weighted by Crippen LogP contribution is 2.41. The number of aliphatic hydroxyl groups excluding tert-OH is 1. The lowest BCUT2D eigenvalue weighted by Crippen LogP contribution is -2.42. The largest absolute Gasteiger partial charge is 0.417 e. The zero-order chi connectivity index (χ0) is 22.8. The summed E-state index contributed by atoms with van der Waals surface area (Å²) in [5, 5.41) is 11.5. The molecule has 1 aliphatic rings. The summed E-state index contributed by atoms with van der Waals surface area (Å²) in [6.07, 6.45) is -3.70. The van der Waals surface area contributed by atoms with Gasteiger partial charge in [-0.15, -0.1) is 0 Å². The summed E-state index contributed by atoms with van der Waals surface area (Å²) in [5.74, 6) is -0.684. The van der Waals surface area contributed by atoms with Crippen LogP contribution in [0.4, 0.5) is 28.0 Å². The van der Waals surface area contributed by atoms with Crippen molar-refractivity contribution in [2.45, 2.75) is 37.9 Å². The summed E-state index contributed by atoms with van der Waals surface area (Å²) in [6.45, 7) is -0.304. The lowest BCUT2D eigenvalue weighted by molar-refractivity contribution is -0.139. The number of H-pyrrole nitrogens is 1. The molecule has 1 aromatic heterocycles. The third-order valence-electron chi connectivity index (χ3n) is 5.07. The number of aryl methyl sites for hydroxylation is 1. The predicted octanol–water partition coefficient (Wildman–Crippen LogP) is 4.48. The van der Waals surface area contributed by atoms with Crippen molar-refractivity contribution < 1.29 is 27.5 Å². The molecule has 0 fully saturated rings. The summed E-state index contributed by atoms with van der Waals surface area (Å²) in [6, 6.07) is 2.31. The molecular formula is C20H20ClF4N3O3. The SMILES string of the molecule is O=C(Nc1ccc(F)c(Cl)c1)N(CCCO)[C@@H]1CCCc2[nH]c(=O)cc(C(F)(F)F)c21. The smallest absolute Gasteiger partial charge is 0.396 e. The molecule has 2 amide bonds. The van der Waals surface area contributed by atoms with Gasteiger partial charge in [-0.3, -0.25) is 4.79 Å². The standard InChI is InChI=1S/C20H20ClF4N3O3/c21-13-9-11(5-6-14(13)22)26-19(31)28(7-2-8-29)16-4-1-3-15-18(16)12(20(23,24)25)10-17(30)27-15/h5-6,9-10,16,29H,1-4,7-8H2,(H,26,31)(H,27,30)/t16-/m1/s1. The van der Waals surface area contributed by atoms with Gasteiger partial charge in [0.15, 0.2) is 0 Å². The van der Waals surface area contributed by atoms with E-state index in [1.807, 2.05) is 0 Å². The first-order valence-electron chi connectivity index (χ1n) is 9.58. The number of fused-ring (bicyclic) bond motifs is 1. The van der Waals surface area contributed by atoms with Crippen molar-refractivity contribution in [2.75, 3.05) is 18.5 Å². The summed E-state index contributed by atoms with van der Waals surface area (Å²) in [5.41, 5.74) is -1.79. The average Bonchev–Trinajstić information content (AvgIpc) is 2.69. The Morgan fingerprint density at radius 2 is 2.06 bits per heavy atom. The molecule has 0 radical (unpaired) electrons. The number of hydrogen-bond donors (Lipinski definition) is 3. The van der Waals surface area contributed by atoms with Gasteiger partial charge in [0, 0.05) is 36.2 Å². The van der Waals surface area contributed by atoms with E-state index in [4.69, 9.17) is 11.6 Å². The van der Waals surface area contributed by atoms with E-state index >= 15 is 0 Å². The summed E-state index contributed by atoms with van der Waals surface area (Å²) >= 11 is 5.73. The topological polar surface area (TPSA) is 85.4 Å². The highest BCUT2D eigenvalue weighted by Gasteiger charge is 2.41. The van der Waals surface area contributed by atoms with E-state index in [1.54, 1.807) is 0 Å². The lowest BCUT2D eigenvalue weighted by Gasteiger charge is -2.37. The van der Waals surface area contributed by atoms with Gasteiger partial charge in [0.05, 0.1) is 16.6 Å². The molecule has 0 saturated heterocycles. The van der Waals surface area contributed by atoms with Crippen molar-refractivity contribution in [3.8, 4) is 0 Å². The fourth-order valence-corrected chi connectivity index (χ4v) is 3.95. The first kappa shape index (κ1) is 23.1. The number of amides is 2. The summed E-state index contributed by atoms with van der Waals surface area (Å²) < 4.78 is 54.5. The molecule has 0 spiro atoms. The molecule has 3 N–H and O–H groups in total. The van der Waals surface area contributed by atoms with Crippen LogP contribution in [0.15, 0.2) is 29.1 Å². The number of alkyl halides is 3. The quantitative estimate of drug-likeness (QED) is 0.574. The van der Waals surface area contributed by atoms with Crippen LogP contribution >= 0.6 is 11.6 Å². The second kappa shape index (κ2) is 9.27. The molecule has 2 aromatic rings. The maximum absolute atomic E-state index is 13.7. The second-order valence-electron chi connectivity index (χ2n) is 7.17. The van der Waals surface area contributed by atoms with E-state index in [9.17, 15) is 32.3 Å². The van der Waals surface area contributed by atoms with Gasteiger partial charge in [0.25, 0.3) is 0 Å². The average molecular weight is 462 g/mol. The third-order valence-corrected chi connectivity index (χ3v) is 5.36. The van der Waals surface area contributed by atoms with Gasteiger partial charge in [-0.25, -0.2) is 9.18 Å². The Morgan fingerprint density at radius 3 is 2.71 bits per heavy atom. The van der Waals surface area contributed by atoms with E-state index in [-0.39, 0.29) is 54.4 Å². The molecule has 0 bridgehead atoms. The van der Waals surface area contributed by atoms with Gasteiger partial charge in [0.2, 0.25) is 5.56 Å². The molecule has 0 aliphatic heterocycles. The van der Waals surface area contributed by atoms with Crippen molar-refractivity contribution in [1.29, 1.82) is 0 Å². The number of pyridine rings is 1. The maximum Gasteiger partial charge on any atom is 0.417 e. The van der Waals surface area contributed by atoms with Crippen LogP contribution in [-0.4, -0.2) is 34.2 Å². The van der Waals surface area contributed by atoms with Crippen LogP contribution < -0.4 is 10.9 Å². The number of aromatic nitrogens is 1. The molecule has 1 aromatic carbocycles. The predicted molar refractivity (Wildman–Crippen MR) is 107 cm³/mol. The fraction of sp³-hybridized carbons (Fsp3) is 0.400. The first-order chi connectivity index (χ1) is 14.6. The monoisotopic (exact) mass is 461 g/mol. The number of halogens is 5. The van der Waals surface area contributed by atoms with Gasteiger partial charge in [0.1, 0.15) is 5.82 Å². The van der Waals surface area contributed by atoms with Crippen molar-refractivity contribution in [3.63, 3.8) is 0 Å². The van der Waals surface area contributed by atoms with Crippen LogP contribution in [0.5, 0.6) is 0 Å². The number of aliphatic hydroxyl groups is 1. The Kier molecular flexibility index (Phi) is 6.90. The Hall–Kier alpha value is -2.59. The van der Waals surface area contributed by atoms with Crippen LogP contribution in [0.2, 0.25) is 5.02 Å². The molecule has 1 aliphatic carbocycles. The zero-order valence-electron chi connectivity index (χ0n) is 16.2. The number of urea groups is 1. The number of aromatic amines is 1. The van der Waals surface area contributed by atoms with E-state index in [2.05, 4.69) is 10.3 Å². The van der Waals surface area contributed by atoms with Crippen LogP contribution in [0, 0.1) is 5.82 Å². The second-order valence-corrected chi connectivity index (χ2v) is 7.58. The van der Waals surface area contributed by atoms with Gasteiger partial charge < -0.3 is 20.3 Å². The number of rotatable bonds is 5. The molecule has 168 valence electrons. The summed E-state index contributed by atoms with van der Waals surface area (Å²) in [7, 11) is 0. The van der Waals surface area contributed by atoms with Crippen LogP contribution in [-0.2, 0) is 12.6 Å². The maximum atomic E-state index is 13.7. The minimum absolute atomic E-state index is 0.0300. The minimum Gasteiger partial charge on any atom is -0.396 e. The number of benzene rings is 1. The number of anilines is 1. The Labute approximate surface area is 179 Å². The number of nitrogens with one attached hydrogen (secondary N) is 2. The highest BCUT2D eigenvalue weighted by atomic mass is 35.5. The number of carbonyl (C=O) groups excluding carboxylic acids is 1. The normalized spacial score (nSPS) is 16.0. The fourth-order valence-electron chi connectivity index (χ4n) is 3.77. The Balaban J connectivity index is 2.01. The van der Waals surface area contributed by atoms with E-state index in [1.165, 1.54) is 17.0 Å². The lowest BCUT2D eigenvalue weighted by atomic mass is 9.86. The first-order valence-corrected chi connectivity index (χ1v) is 9.96. The van der Waals surface area contributed by atoms with Crippen molar-refractivity contribution in [2.24, 2.45) is 0 Å². The van der Waals surface area contributed by atoms with E-state index < -0.39 is 35.2 Å². The van der Waals surface area contributed by atoms with E-state index in [0.29, 0.717) is 12.5 Å². The van der Waals surface area contributed by atoms with Crippen LogP contribution in [0.3, 0.4) is 0 Å². The van der Waals surface area contributed by atoms with Gasteiger partial charge in [-0.2, -0.15) is 13.2 Å². The molecule has 1 heterocycles.